The second-order valence-corrected chi connectivity index (χ2v) is 7.33. The van der Waals surface area contributed by atoms with Crippen LogP contribution in [-0.4, -0.2) is 47.5 Å². The van der Waals surface area contributed by atoms with Gasteiger partial charge in [0.15, 0.2) is 0 Å². The molecule has 0 aliphatic carbocycles. The van der Waals surface area contributed by atoms with Gasteiger partial charge in [-0.2, -0.15) is 18.3 Å². The van der Waals surface area contributed by atoms with Crippen LogP contribution >= 0.6 is 0 Å². The normalized spacial score (nSPS) is 11.2. The van der Waals surface area contributed by atoms with E-state index in [2.05, 4.69) is 10.4 Å². The van der Waals surface area contributed by atoms with Crippen molar-refractivity contribution in [3.05, 3.63) is 72.1 Å². The Morgan fingerprint density at radius 1 is 1.12 bits per heavy atom. The number of hydrogen-bond acceptors (Lipinski definition) is 4. The van der Waals surface area contributed by atoms with Crippen molar-refractivity contribution in [2.24, 2.45) is 0 Å². The van der Waals surface area contributed by atoms with E-state index in [-0.39, 0.29) is 17.8 Å². The third-order valence-electron chi connectivity index (χ3n) is 4.83. The molecule has 0 aliphatic rings. The van der Waals surface area contributed by atoms with Crippen molar-refractivity contribution in [3.63, 3.8) is 0 Å². The first-order chi connectivity index (χ1) is 15.6. The molecule has 0 bridgehead atoms. The standard InChI is InChI=1S/C22H22F3N5O3/c1-28(2)19-14-15(22(23,24)25)4-9-18(19)20(31)27-16-5-7-17(8-6-16)30(21(32)33)13-12-29-11-3-10-26-29/h3-11,14H,12-13H2,1-2H3,(H,27,31)(H,32,33). The zero-order valence-electron chi connectivity index (χ0n) is 17.9. The van der Waals surface area contributed by atoms with Crippen molar-refractivity contribution in [2.75, 3.05) is 35.8 Å². The molecule has 174 valence electrons. The lowest BCUT2D eigenvalue weighted by atomic mass is 10.1. The van der Waals surface area contributed by atoms with Crippen molar-refractivity contribution >= 4 is 29.1 Å². The summed E-state index contributed by atoms with van der Waals surface area (Å²) in [7, 11) is 3.09. The van der Waals surface area contributed by atoms with Gasteiger partial charge >= 0.3 is 12.3 Å². The van der Waals surface area contributed by atoms with Crippen LogP contribution in [0.15, 0.2) is 60.9 Å². The van der Waals surface area contributed by atoms with Crippen LogP contribution in [0, 0.1) is 0 Å². The highest BCUT2D eigenvalue weighted by Gasteiger charge is 2.32. The summed E-state index contributed by atoms with van der Waals surface area (Å²) in [5.74, 6) is -0.589. The van der Waals surface area contributed by atoms with E-state index in [1.165, 1.54) is 29.2 Å². The third-order valence-corrected chi connectivity index (χ3v) is 4.83. The van der Waals surface area contributed by atoms with Crippen LogP contribution in [0.5, 0.6) is 0 Å². The van der Waals surface area contributed by atoms with E-state index in [4.69, 9.17) is 0 Å². The first-order valence-corrected chi connectivity index (χ1v) is 9.84. The number of halogens is 3. The fourth-order valence-corrected chi connectivity index (χ4v) is 3.16. The van der Waals surface area contributed by atoms with Crippen LogP contribution in [0.4, 0.5) is 35.0 Å². The Labute approximate surface area is 187 Å². The average molecular weight is 461 g/mol. The molecule has 1 aromatic heterocycles. The summed E-state index contributed by atoms with van der Waals surface area (Å²) >= 11 is 0. The first kappa shape index (κ1) is 23.6. The molecular formula is C22H22F3N5O3. The quantitative estimate of drug-likeness (QED) is 0.544. The van der Waals surface area contributed by atoms with Crippen molar-refractivity contribution in [1.29, 1.82) is 0 Å². The van der Waals surface area contributed by atoms with Crippen LogP contribution in [0.3, 0.4) is 0 Å². The van der Waals surface area contributed by atoms with E-state index in [0.717, 1.165) is 23.1 Å². The summed E-state index contributed by atoms with van der Waals surface area (Å²) in [6.45, 7) is 0.527. The number of alkyl halides is 3. The van der Waals surface area contributed by atoms with E-state index in [1.807, 2.05) is 0 Å². The Bertz CT molecular complexity index is 1110. The van der Waals surface area contributed by atoms with Gasteiger partial charge in [0.2, 0.25) is 0 Å². The largest absolute Gasteiger partial charge is 0.465 e. The monoisotopic (exact) mass is 461 g/mol. The minimum atomic E-state index is -4.52. The predicted octanol–water partition coefficient (Wildman–Crippen LogP) is 4.40. The molecule has 2 N–H and O–H groups in total. The number of carbonyl (C=O) groups excluding carboxylic acids is 1. The van der Waals surface area contributed by atoms with E-state index in [9.17, 15) is 27.9 Å². The zero-order valence-corrected chi connectivity index (χ0v) is 17.9. The third kappa shape index (κ3) is 5.82. The lowest BCUT2D eigenvalue weighted by molar-refractivity contribution is -0.137. The minimum absolute atomic E-state index is 0.0726. The number of hydrogen-bond donors (Lipinski definition) is 2. The van der Waals surface area contributed by atoms with Gasteiger partial charge in [-0.05, 0) is 48.5 Å². The maximum Gasteiger partial charge on any atom is 0.416 e. The lowest BCUT2D eigenvalue weighted by Gasteiger charge is -2.20. The molecule has 11 heteroatoms. The highest BCUT2D eigenvalue weighted by atomic mass is 19.4. The average Bonchev–Trinajstić information content (AvgIpc) is 3.27. The molecular weight excluding hydrogens is 439 g/mol. The molecule has 0 atom stereocenters. The number of nitrogens with one attached hydrogen (secondary N) is 1. The van der Waals surface area contributed by atoms with E-state index in [0.29, 0.717) is 17.9 Å². The molecule has 0 unspecified atom stereocenters. The molecule has 0 saturated carbocycles. The smallest absolute Gasteiger partial charge is 0.416 e. The highest BCUT2D eigenvalue weighted by Crippen LogP contribution is 2.33. The predicted molar refractivity (Wildman–Crippen MR) is 118 cm³/mol. The van der Waals surface area contributed by atoms with Crippen LogP contribution in [0.1, 0.15) is 15.9 Å². The number of rotatable bonds is 7. The Hall–Kier alpha value is -4.02. The maximum atomic E-state index is 13.0. The van der Waals surface area contributed by atoms with Gasteiger partial charge in [-0.1, -0.05) is 0 Å². The Morgan fingerprint density at radius 2 is 1.82 bits per heavy atom. The van der Waals surface area contributed by atoms with E-state index in [1.54, 1.807) is 37.2 Å². The maximum absolute atomic E-state index is 13.0. The Kier molecular flexibility index (Phi) is 6.90. The van der Waals surface area contributed by atoms with Gasteiger partial charge in [-0.3, -0.25) is 14.4 Å². The fraction of sp³-hybridized carbons (Fsp3) is 0.227. The molecule has 2 aromatic carbocycles. The molecule has 0 spiro atoms. The Balaban J connectivity index is 1.75. The second kappa shape index (κ2) is 9.63. The summed E-state index contributed by atoms with van der Waals surface area (Å²) in [6.07, 6.45) is -2.34. The van der Waals surface area contributed by atoms with Gasteiger partial charge in [0, 0.05) is 50.1 Å². The molecule has 0 radical (unpaired) electrons. The number of amides is 2. The van der Waals surface area contributed by atoms with Crippen molar-refractivity contribution in [2.45, 2.75) is 12.7 Å². The van der Waals surface area contributed by atoms with Gasteiger partial charge in [0.1, 0.15) is 0 Å². The van der Waals surface area contributed by atoms with Crippen LogP contribution in [0.25, 0.3) is 0 Å². The fourth-order valence-electron chi connectivity index (χ4n) is 3.16. The minimum Gasteiger partial charge on any atom is -0.465 e. The second-order valence-electron chi connectivity index (χ2n) is 7.33. The van der Waals surface area contributed by atoms with Gasteiger partial charge < -0.3 is 15.3 Å². The summed E-state index contributed by atoms with van der Waals surface area (Å²) in [5, 5.41) is 16.2. The topological polar surface area (TPSA) is 90.7 Å². The molecule has 0 fully saturated rings. The van der Waals surface area contributed by atoms with Crippen molar-refractivity contribution in [3.8, 4) is 0 Å². The van der Waals surface area contributed by atoms with Crippen molar-refractivity contribution < 1.29 is 27.9 Å². The molecule has 3 aromatic rings. The number of benzene rings is 2. The Morgan fingerprint density at radius 3 is 2.36 bits per heavy atom. The number of carbonyl (C=O) groups is 2. The highest BCUT2D eigenvalue weighted by molar-refractivity contribution is 6.08. The molecule has 0 saturated heterocycles. The first-order valence-electron chi connectivity index (χ1n) is 9.84. The van der Waals surface area contributed by atoms with E-state index >= 15 is 0 Å². The van der Waals surface area contributed by atoms with Crippen LogP contribution in [0.2, 0.25) is 0 Å². The van der Waals surface area contributed by atoms with Crippen LogP contribution < -0.4 is 15.1 Å². The van der Waals surface area contributed by atoms with Gasteiger partial charge in [-0.15, -0.1) is 0 Å². The lowest BCUT2D eigenvalue weighted by Crippen LogP contribution is -2.32. The molecule has 8 nitrogen and oxygen atoms in total. The number of nitrogens with zero attached hydrogens (tertiary/aromatic N) is 4. The van der Waals surface area contributed by atoms with Crippen molar-refractivity contribution in [1.82, 2.24) is 9.78 Å². The molecule has 33 heavy (non-hydrogen) atoms. The molecule has 0 aliphatic heterocycles. The zero-order chi connectivity index (χ0) is 24.2. The SMILES string of the molecule is CN(C)c1cc(C(F)(F)F)ccc1C(=O)Nc1ccc(N(CCn2cccn2)C(=O)O)cc1. The summed E-state index contributed by atoms with van der Waals surface area (Å²) in [4.78, 5) is 27.0. The number of carboxylic acid groups (broad SMARTS) is 1. The molecule has 2 amide bonds. The van der Waals surface area contributed by atoms with E-state index < -0.39 is 23.7 Å². The number of anilines is 3. The van der Waals surface area contributed by atoms with Crippen LogP contribution in [-0.2, 0) is 12.7 Å². The van der Waals surface area contributed by atoms with Gasteiger partial charge in [-0.25, -0.2) is 4.79 Å². The number of aromatic nitrogens is 2. The van der Waals surface area contributed by atoms with Gasteiger partial charge in [0.25, 0.3) is 5.91 Å². The summed E-state index contributed by atoms with van der Waals surface area (Å²) in [5.41, 5.74) is 0.107. The van der Waals surface area contributed by atoms with Gasteiger partial charge in [0.05, 0.1) is 17.7 Å². The summed E-state index contributed by atoms with van der Waals surface area (Å²) < 4.78 is 40.7. The molecule has 3 rings (SSSR count). The summed E-state index contributed by atoms with van der Waals surface area (Å²) in [6, 6.07) is 10.8. The molecule has 1 heterocycles.